The topological polar surface area (TPSA) is 43.2 Å². The summed E-state index contributed by atoms with van der Waals surface area (Å²) >= 11 is 6.20. The van der Waals surface area contributed by atoms with E-state index in [-0.39, 0.29) is 0 Å². The van der Waals surface area contributed by atoms with Gasteiger partial charge in [-0.05, 0) is 33.0 Å². The van der Waals surface area contributed by atoms with Crippen molar-refractivity contribution >= 4 is 17.4 Å². The number of nitriles is 1. The highest BCUT2D eigenvalue weighted by Crippen LogP contribution is 2.27. The van der Waals surface area contributed by atoms with Crippen LogP contribution in [-0.4, -0.2) is 43.1 Å². The molecule has 2 rings (SSSR count). The number of hydrogen-bond acceptors (Lipinski definition) is 4. The molecule has 1 saturated heterocycles. The first-order valence-corrected chi connectivity index (χ1v) is 6.46. The van der Waals surface area contributed by atoms with Crippen molar-refractivity contribution in [3.05, 3.63) is 22.8 Å². The Kier molecular flexibility index (Phi) is 4.05. The number of halogens is 1. The molecular weight excluding hydrogens is 248 g/mol. The lowest BCUT2D eigenvalue weighted by molar-refractivity contribution is 0.257. The van der Waals surface area contributed by atoms with Gasteiger partial charge in [0.2, 0.25) is 0 Å². The van der Waals surface area contributed by atoms with Gasteiger partial charge in [-0.15, -0.1) is 0 Å². The molecule has 0 N–H and O–H groups in total. The van der Waals surface area contributed by atoms with Crippen LogP contribution in [0.15, 0.2) is 12.3 Å². The minimum atomic E-state index is 0.505. The van der Waals surface area contributed by atoms with Crippen molar-refractivity contribution in [3.8, 4) is 6.07 Å². The van der Waals surface area contributed by atoms with Crippen LogP contribution in [0.1, 0.15) is 18.4 Å². The lowest BCUT2D eigenvalue weighted by atomic mass is 10.0. The van der Waals surface area contributed by atoms with Crippen molar-refractivity contribution in [2.45, 2.75) is 18.9 Å². The van der Waals surface area contributed by atoms with Crippen LogP contribution in [0.2, 0.25) is 5.02 Å². The standard InChI is InChI=1S/C13H17ClN4/c1-17(2)11-4-3-5-18(9-11)13-12(14)6-10(7-15)8-16-13/h6,8,11H,3-5,9H2,1-2H3. The highest BCUT2D eigenvalue weighted by molar-refractivity contribution is 6.33. The zero-order chi connectivity index (χ0) is 13.1. The first-order valence-electron chi connectivity index (χ1n) is 6.09. The average molecular weight is 265 g/mol. The minimum absolute atomic E-state index is 0.505. The van der Waals surface area contributed by atoms with Gasteiger partial charge >= 0.3 is 0 Å². The molecule has 0 saturated carbocycles. The molecule has 0 aliphatic carbocycles. The van der Waals surface area contributed by atoms with E-state index in [1.807, 2.05) is 0 Å². The van der Waals surface area contributed by atoms with E-state index in [4.69, 9.17) is 16.9 Å². The van der Waals surface area contributed by atoms with E-state index < -0.39 is 0 Å². The van der Waals surface area contributed by atoms with Gasteiger partial charge in [-0.25, -0.2) is 4.98 Å². The SMILES string of the molecule is CN(C)C1CCCN(c2ncc(C#N)cc2Cl)C1. The average Bonchev–Trinajstić information content (AvgIpc) is 2.38. The summed E-state index contributed by atoms with van der Waals surface area (Å²) < 4.78 is 0. The molecule has 4 nitrogen and oxygen atoms in total. The summed E-state index contributed by atoms with van der Waals surface area (Å²) in [6.45, 7) is 1.91. The maximum absolute atomic E-state index is 8.81. The highest BCUT2D eigenvalue weighted by Gasteiger charge is 2.23. The van der Waals surface area contributed by atoms with Crippen molar-refractivity contribution in [1.82, 2.24) is 9.88 Å². The summed E-state index contributed by atoms with van der Waals surface area (Å²) in [6.07, 6.45) is 3.93. The Hall–Kier alpha value is -1.31. The number of piperidine rings is 1. The largest absolute Gasteiger partial charge is 0.354 e. The zero-order valence-electron chi connectivity index (χ0n) is 10.7. The number of likely N-dealkylation sites (N-methyl/N-ethyl adjacent to an activating group) is 1. The second-order valence-electron chi connectivity index (χ2n) is 4.85. The molecule has 1 atom stereocenters. The van der Waals surface area contributed by atoms with Crippen LogP contribution in [0.3, 0.4) is 0 Å². The molecule has 0 aromatic carbocycles. The summed E-state index contributed by atoms with van der Waals surface area (Å²) in [6, 6.07) is 4.27. The predicted octanol–water partition coefficient (Wildman–Crippen LogP) is 2.14. The molecule has 18 heavy (non-hydrogen) atoms. The molecule has 1 aromatic heterocycles. The molecular formula is C13H17ClN4. The minimum Gasteiger partial charge on any atom is -0.354 e. The van der Waals surface area contributed by atoms with Crippen molar-refractivity contribution in [2.75, 3.05) is 32.1 Å². The lowest BCUT2D eigenvalue weighted by Gasteiger charge is -2.37. The summed E-state index contributed by atoms with van der Waals surface area (Å²) in [5, 5.41) is 9.37. The molecule has 1 aromatic rings. The van der Waals surface area contributed by atoms with Gasteiger partial charge < -0.3 is 9.80 Å². The Morgan fingerprint density at radius 2 is 2.33 bits per heavy atom. The smallest absolute Gasteiger partial charge is 0.147 e. The third-order valence-corrected chi connectivity index (χ3v) is 3.66. The van der Waals surface area contributed by atoms with Crippen molar-refractivity contribution < 1.29 is 0 Å². The summed E-state index contributed by atoms with van der Waals surface area (Å²) in [7, 11) is 4.20. The van der Waals surface area contributed by atoms with Crippen LogP contribution >= 0.6 is 11.6 Å². The fourth-order valence-corrected chi connectivity index (χ4v) is 2.58. The Bertz CT molecular complexity index is 467. The normalized spacial score (nSPS) is 19.9. The molecule has 1 fully saturated rings. The van der Waals surface area contributed by atoms with E-state index in [0.29, 0.717) is 16.6 Å². The van der Waals surface area contributed by atoms with E-state index in [9.17, 15) is 0 Å². The predicted molar refractivity (Wildman–Crippen MR) is 72.9 cm³/mol. The van der Waals surface area contributed by atoms with E-state index in [2.05, 4.69) is 34.9 Å². The third-order valence-electron chi connectivity index (χ3n) is 3.38. The molecule has 0 bridgehead atoms. The Morgan fingerprint density at radius 1 is 1.56 bits per heavy atom. The molecule has 1 aliphatic rings. The van der Waals surface area contributed by atoms with E-state index in [1.54, 1.807) is 12.3 Å². The second-order valence-corrected chi connectivity index (χ2v) is 5.25. The number of nitrogens with zero attached hydrogens (tertiary/aromatic N) is 4. The number of anilines is 1. The molecule has 2 heterocycles. The van der Waals surface area contributed by atoms with Gasteiger partial charge in [0.15, 0.2) is 0 Å². The van der Waals surface area contributed by atoms with E-state index >= 15 is 0 Å². The van der Waals surface area contributed by atoms with Gasteiger partial charge in [0, 0.05) is 25.3 Å². The molecule has 1 unspecified atom stereocenters. The molecule has 1 aliphatic heterocycles. The second kappa shape index (κ2) is 5.55. The van der Waals surface area contributed by atoms with Crippen LogP contribution in [0.25, 0.3) is 0 Å². The molecule has 0 amide bonds. The number of hydrogen-bond donors (Lipinski definition) is 0. The van der Waals surface area contributed by atoms with Crippen LogP contribution in [0.5, 0.6) is 0 Å². The van der Waals surface area contributed by atoms with Crippen molar-refractivity contribution in [3.63, 3.8) is 0 Å². The number of pyridine rings is 1. The summed E-state index contributed by atoms with van der Waals surface area (Å²) in [4.78, 5) is 8.77. The quantitative estimate of drug-likeness (QED) is 0.821. The van der Waals surface area contributed by atoms with Gasteiger partial charge in [0.1, 0.15) is 11.9 Å². The van der Waals surface area contributed by atoms with Crippen LogP contribution < -0.4 is 4.90 Å². The Labute approximate surface area is 113 Å². The van der Waals surface area contributed by atoms with Gasteiger partial charge in [-0.3, -0.25) is 0 Å². The van der Waals surface area contributed by atoms with Gasteiger partial charge in [-0.1, -0.05) is 11.6 Å². The first-order chi connectivity index (χ1) is 8.61. The summed E-state index contributed by atoms with van der Waals surface area (Å²) in [5.74, 6) is 0.794. The highest BCUT2D eigenvalue weighted by atomic mass is 35.5. The zero-order valence-corrected chi connectivity index (χ0v) is 11.5. The molecule has 5 heteroatoms. The van der Waals surface area contributed by atoms with Crippen LogP contribution in [0.4, 0.5) is 5.82 Å². The van der Waals surface area contributed by atoms with Crippen LogP contribution in [-0.2, 0) is 0 Å². The molecule has 96 valence electrons. The third kappa shape index (κ3) is 2.74. The van der Waals surface area contributed by atoms with Crippen LogP contribution in [0, 0.1) is 11.3 Å². The maximum Gasteiger partial charge on any atom is 0.147 e. The number of rotatable bonds is 2. The molecule has 0 radical (unpaired) electrons. The number of aromatic nitrogens is 1. The lowest BCUT2D eigenvalue weighted by Crippen LogP contribution is -2.45. The maximum atomic E-state index is 8.81. The molecule has 0 spiro atoms. The Morgan fingerprint density at radius 3 is 2.94 bits per heavy atom. The van der Waals surface area contributed by atoms with E-state index in [0.717, 1.165) is 25.3 Å². The van der Waals surface area contributed by atoms with Gasteiger partial charge in [0.05, 0.1) is 10.6 Å². The van der Waals surface area contributed by atoms with Crippen molar-refractivity contribution in [1.29, 1.82) is 5.26 Å². The van der Waals surface area contributed by atoms with Crippen molar-refractivity contribution in [2.24, 2.45) is 0 Å². The first kappa shape index (κ1) is 13.1. The fourth-order valence-electron chi connectivity index (χ4n) is 2.29. The summed E-state index contributed by atoms with van der Waals surface area (Å²) in [5.41, 5.74) is 0.505. The van der Waals surface area contributed by atoms with Gasteiger partial charge in [-0.2, -0.15) is 5.26 Å². The van der Waals surface area contributed by atoms with E-state index in [1.165, 1.54) is 6.42 Å². The Balaban J connectivity index is 2.19. The van der Waals surface area contributed by atoms with Gasteiger partial charge in [0.25, 0.3) is 0 Å². The fraction of sp³-hybridized carbons (Fsp3) is 0.538. The monoisotopic (exact) mass is 264 g/mol.